The predicted octanol–water partition coefficient (Wildman–Crippen LogP) is 4.43. The van der Waals surface area contributed by atoms with Crippen molar-refractivity contribution in [2.75, 3.05) is 13.7 Å². The maximum absolute atomic E-state index is 14.0. The Balaban J connectivity index is 1.66. The lowest BCUT2D eigenvalue weighted by Crippen LogP contribution is -2.40. The number of nitrogens with one attached hydrogen (secondary N) is 1. The van der Waals surface area contributed by atoms with Gasteiger partial charge in [-0.3, -0.25) is 9.36 Å². The highest BCUT2D eigenvalue weighted by Crippen LogP contribution is 2.36. The van der Waals surface area contributed by atoms with Crippen molar-refractivity contribution < 1.29 is 14.3 Å². The van der Waals surface area contributed by atoms with Crippen LogP contribution in [0.1, 0.15) is 29.7 Å². The molecule has 5 aromatic rings. The summed E-state index contributed by atoms with van der Waals surface area (Å²) in [5, 5.41) is 1.02. The van der Waals surface area contributed by atoms with E-state index < -0.39 is 12.0 Å². The van der Waals surface area contributed by atoms with Crippen molar-refractivity contribution in [1.29, 1.82) is 0 Å². The molecule has 1 aliphatic heterocycles. The number of rotatable bonds is 6. The van der Waals surface area contributed by atoms with Gasteiger partial charge in [0.15, 0.2) is 4.80 Å². The Morgan fingerprint density at radius 3 is 2.67 bits per heavy atom. The van der Waals surface area contributed by atoms with Crippen LogP contribution < -0.4 is 19.6 Å². The van der Waals surface area contributed by atoms with Gasteiger partial charge in [0.05, 0.1) is 35.6 Å². The van der Waals surface area contributed by atoms with Crippen molar-refractivity contribution in [3.8, 4) is 5.75 Å². The molecule has 3 aromatic carbocycles. The highest BCUT2D eigenvalue weighted by molar-refractivity contribution is 7.07. The fourth-order valence-corrected chi connectivity index (χ4v) is 5.91. The summed E-state index contributed by atoms with van der Waals surface area (Å²) in [7, 11) is 1.59. The second-order valence-electron chi connectivity index (χ2n) is 9.00. The molecule has 3 heterocycles. The molecule has 0 saturated carbocycles. The van der Waals surface area contributed by atoms with E-state index in [1.165, 1.54) is 11.3 Å². The Hall–Kier alpha value is -4.69. The SMILES string of the molecule is CCOC(=O)C1=C(c2ccccc2)N=c2s/c(=C\c3c[nH]c4ccccc34)c(=O)n2[C@@H]1c1cccc(OC)c1. The van der Waals surface area contributed by atoms with Gasteiger partial charge in [0, 0.05) is 28.2 Å². The molecular weight excluding hydrogens is 510 g/mol. The van der Waals surface area contributed by atoms with Crippen molar-refractivity contribution in [3.63, 3.8) is 0 Å². The summed E-state index contributed by atoms with van der Waals surface area (Å²) >= 11 is 1.30. The molecule has 8 heteroatoms. The van der Waals surface area contributed by atoms with Gasteiger partial charge in [-0.05, 0) is 36.8 Å². The van der Waals surface area contributed by atoms with Crippen molar-refractivity contribution in [3.05, 3.63) is 127 Å². The first-order chi connectivity index (χ1) is 19.1. The molecule has 7 nitrogen and oxygen atoms in total. The molecule has 0 saturated heterocycles. The van der Waals surface area contributed by atoms with Crippen LogP contribution in [-0.2, 0) is 9.53 Å². The molecule has 2 aromatic heterocycles. The molecule has 0 bridgehead atoms. The second kappa shape index (κ2) is 10.2. The summed E-state index contributed by atoms with van der Waals surface area (Å²) < 4.78 is 13.1. The van der Waals surface area contributed by atoms with Crippen LogP contribution in [0.15, 0.2) is 100 Å². The molecule has 39 heavy (non-hydrogen) atoms. The van der Waals surface area contributed by atoms with E-state index >= 15 is 0 Å². The predicted molar refractivity (Wildman–Crippen MR) is 152 cm³/mol. The van der Waals surface area contributed by atoms with Gasteiger partial charge in [0.25, 0.3) is 5.56 Å². The lowest BCUT2D eigenvalue weighted by atomic mass is 9.93. The van der Waals surface area contributed by atoms with Gasteiger partial charge in [-0.1, -0.05) is 72.0 Å². The molecule has 194 valence electrons. The van der Waals surface area contributed by atoms with E-state index in [0.29, 0.717) is 26.4 Å². The lowest BCUT2D eigenvalue weighted by molar-refractivity contribution is -0.138. The van der Waals surface area contributed by atoms with Crippen LogP contribution in [0.2, 0.25) is 0 Å². The zero-order chi connectivity index (χ0) is 26.9. The summed E-state index contributed by atoms with van der Waals surface area (Å²) in [6, 6.07) is 24.1. The highest BCUT2D eigenvalue weighted by Gasteiger charge is 2.35. The third-order valence-corrected chi connectivity index (χ3v) is 7.67. The summed E-state index contributed by atoms with van der Waals surface area (Å²) in [6.45, 7) is 1.96. The Morgan fingerprint density at radius 1 is 1.08 bits per heavy atom. The first-order valence-corrected chi connectivity index (χ1v) is 13.4. The molecule has 1 N–H and O–H groups in total. The van der Waals surface area contributed by atoms with Gasteiger partial charge in [-0.2, -0.15) is 0 Å². The second-order valence-corrected chi connectivity index (χ2v) is 10.0. The molecule has 1 atom stereocenters. The molecule has 6 rings (SSSR count). The van der Waals surface area contributed by atoms with Crippen LogP contribution in [0.25, 0.3) is 22.7 Å². The van der Waals surface area contributed by atoms with E-state index in [9.17, 15) is 9.59 Å². The fourth-order valence-electron chi connectivity index (χ4n) is 4.92. The van der Waals surface area contributed by atoms with Gasteiger partial charge in [-0.15, -0.1) is 0 Å². The number of ether oxygens (including phenoxy) is 2. The number of carbonyl (C=O) groups excluding carboxylic acids is 1. The van der Waals surface area contributed by atoms with Gasteiger partial charge < -0.3 is 14.5 Å². The molecule has 1 aliphatic rings. The highest BCUT2D eigenvalue weighted by atomic mass is 32.1. The first-order valence-electron chi connectivity index (χ1n) is 12.6. The van der Waals surface area contributed by atoms with Crippen LogP contribution >= 0.6 is 11.3 Å². The Bertz CT molecular complexity index is 1910. The van der Waals surface area contributed by atoms with Gasteiger partial charge in [0.1, 0.15) is 5.75 Å². The minimum absolute atomic E-state index is 0.195. The molecule has 0 aliphatic carbocycles. The average molecular weight is 536 g/mol. The number of hydrogen-bond acceptors (Lipinski definition) is 6. The lowest BCUT2D eigenvalue weighted by Gasteiger charge is -2.26. The van der Waals surface area contributed by atoms with E-state index in [0.717, 1.165) is 27.6 Å². The van der Waals surface area contributed by atoms with Crippen LogP contribution in [-0.4, -0.2) is 29.2 Å². The molecule has 0 radical (unpaired) electrons. The summed E-state index contributed by atoms with van der Waals surface area (Å²) in [4.78, 5) is 36.3. The number of esters is 1. The van der Waals surface area contributed by atoms with Crippen molar-refractivity contribution in [2.45, 2.75) is 13.0 Å². The third kappa shape index (κ3) is 4.38. The van der Waals surface area contributed by atoms with E-state index in [1.54, 1.807) is 18.6 Å². The number of para-hydroxylation sites is 1. The van der Waals surface area contributed by atoms with Gasteiger partial charge in [0.2, 0.25) is 0 Å². The normalized spacial score (nSPS) is 15.2. The molecule has 0 fully saturated rings. The van der Waals surface area contributed by atoms with E-state index in [4.69, 9.17) is 14.5 Å². The third-order valence-electron chi connectivity index (χ3n) is 6.69. The molecule has 0 unspecified atom stereocenters. The van der Waals surface area contributed by atoms with Crippen molar-refractivity contribution in [1.82, 2.24) is 9.55 Å². The number of hydrogen-bond donors (Lipinski definition) is 1. The number of methoxy groups -OCH3 is 1. The average Bonchev–Trinajstić information content (AvgIpc) is 3.53. The van der Waals surface area contributed by atoms with Crippen molar-refractivity contribution >= 4 is 40.0 Å². The van der Waals surface area contributed by atoms with Crippen molar-refractivity contribution in [2.24, 2.45) is 4.99 Å². The van der Waals surface area contributed by atoms with Crippen LogP contribution in [0.3, 0.4) is 0 Å². The Kier molecular flexibility index (Phi) is 6.46. The number of H-pyrrole nitrogens is 1. The van der Waals surface area contributed by atoms with Crippen LogP contribution in [0.4, 0.5) is 0 Å². The monoisotopic (exact) mass is 535 g/mol. The molecular formula is C31H25N3O4S. The number of carbonyl (C=O) groups is 1. The molecule has 0 spiro atoms. The van der Waals surface area contributed by atoms with Gasteiger partial charge >= 0.3 is 5.97 Å². The molecule has 0 amide bonds. The largest absolute Gasteiger partial charge is 0.497 e. The standard InChI is InChI=1S/C31H25N3O4S/c1-3-38-30(36)26-27(19-10-5-4-6-11-19)33-31-34(28(26)20-12-9-13-22(16-20)37-2)29(35)25(39-31)17-21-18-32-24-15-8-7-14-23(21)24/h4-18,28,32H,3H2,1-2H3/b25-17-/t28-/m1/s1. The zero-order valence-corrected chi connectivity index (χ0v) is 22.2. The number of aromatic amines is 1. The first kappa shape index (κ1) is 24.6. The van der Waals surface area contributed by atoms with E-state index in [1.807, 2.05) is 91.1 Å². The summed E-state index contributed by atoms with van der Waals surface area (Å²) in [5.74, 6) is 0.105. The maximum atomic E-state index is 14.0. The number of benzene rings is 3. The fraction of sp³-hybridized carbons (Fsp3) is 0.129. The Morgan fingerprint density at radius 2 is 1.87 bits per heavy atom. The number of fused-ring (bicyclic) bond motifs is 2. The minimum atomic E-state index is -0.754. The smallest absolute Gasteiger partial charge is 0.338 e. The number of thiazole rings is 1. The summed E-state index contributed by atoms with van der Waals surface area (Å²) in [6.07, 6.45) is 3.77. The van der Waals surface area contributed by atoms with Gasteiger partial charge in [-0.25, -0.2) is 9.79 Å². The van der Waals surface area contributed by atoms with Crippen LogP contribution in [0.5, 0.6) is 5.75 Å². The van der Waals surface area contributed by atoms with Crippen LogP contribution in [0, 0.1) is 0 Å². The summed E-state index contributed by atoms with van der Waals surface area (Å²) in [5.41, 5.74) is 3.95. The Labute approximate surface area is 228 Å². The van der Waals surface area contributed by atoms with E-state index in [2.05, 4.69) is 4.98 Å². The number of nitrogens with zero attached hydrogens (tertiary/aromatic N) is 2. The zero-order valence-electron chi connectivity index (χ0n) is 21.4. The van der Waals surface area contributed by atoms with E-state index in [-0.39, 0.29) is 12.2 Å². The minimum Gasteiger partial charge on any atom is -0.497 e. The maximum Gasteiger partial charge on any atom is 0.338 e. The number of aromatic nitrogens is 2. The topological polar surface area (TPSA) is 85.7 Å². The quantitative estimate of drug-likeness (QED) is 0.326.